The van der Waals surface area contributed by atoms with Crippen LogP contribution in [0.2, 0.25) is 0 Å². The van der Waals surface area contributed by atoms with Crippen LogP contribution < -0.4 is 0 Å². The van der Waals surface area contributed by atoms with Gasteiger partial charge >= 0.3 is 0 Å². The summed E-state index contributed by atoms with van der Waals surface area (Å²) >= 11 is 5.48. The van der Waals surface area contributed by atoms with E-state index in [1.54, 1.807) is 0 Å². The Bertz CT molecular complexity index is 99.1. The number of halogens is 1. The minimum Gasteiger partial charge on any atom is -0.302 e. The zero-order chi connectivity index (χ0) is 7.11. The highest BCUT2D eigenvalue weighted by Crippen LogP contribution is 1.98. The standard InChI is InChI=1S/C7H11ClO/c1-2-3-4-5-7(8)6-9/h3-4,6-7H,2,5H2,1H3. The van der Waals surface area contributed by atoms with Crippen LogP contribution in [-0.2, 0) is 4.79 Å². The molecule has 2 heteroatoms. The van der Waals surface area contributed by atoms with Crippen molar-refractivity contribution in [3.63, 3.8) is 0 Å². The minimum atomic E-state index is -0.340. The van der Waals surface area contributed by atoms with E-state index < -0.39 is 0 Å². The molecule has 0 rings (SSSR count). The van der Waals surface area contributed by atoms with Gasteiger partial charge in [-0.3, -0.25) is 0 Å². The Morgan fingerprint density at radius 3 is 2.67 bits per heavy atom. The molecule has 0 radical (unpaired) electrons. The Labute approximate surface area is 60.7 Å². The summed E-state index contributed by atoms with van der Waals surface area (Å²) in [6, 6.07) is 0. The van der Waals surface area contributed by atoms with Crippen LogP contribution in [0.4, 0.5) is 0 Å². The van der Waals surface area contributed by atoms with Gasteiger partial charge in [0.1, 0.15) is 6.29 Å². The number of carbonyl (C=O) groups excluding carboxylic acids is 1. The van der Waals surface area contributed by atoms with Gasteiger partial charge in [-0.05, 0) is 12.8 Å². The first-order chi connectivity index (χ1) is 4.31. The van der Waals surface area contributed by atoms with Crippen molar-refractivity contribution in [3.05, 3.63) is 12.2 Å². The van der Waals surface area contributed by atoms with Crippen molar-refractivity contribution in [2.45, 2.75) is 25.1 Å². The van der Waals surface area contributed by atoms with E-state index in [1.807, 2.05) is 19.1 Å². The van der Waals surface area contributed by atoms with E-state index in [-0.39, 0.29) is 5.38 Å². The maximum absolute atomic E-state index is 9.93. The predicted molar refractivity (Wildman–Crippen MR) is 39.8 cm³/mol. The number of rotatable bonds is 4. The van der Waals surface area contributed by atoms with Gasteiger partial charge in [-0.2, -0.15) is 0 Å². The normalized spacial score (nSPS) is 14.0. The van der Waals surface area contributed by atoms with Crippen LogP contribution in [-0.4, -0.2) is 11.7 Å². The molecule has 0 aromatic carbocycles. The molecular formula is C7H11ClO. The van der Waals surface area contributed by atoms with Crippen molar-refractivity contribution >= 4 is 17.9 Å². The molecule has 1 nitrogen and oxygen atoms in total. The quantitative estimate of drug-likeness (QED) is 0.338. The summed E-state index contributed by atoms with van der Waals surface area (Å²) < 4.78 is 0. The molecule has 0 bridgehead atoms. The van der Waals surface area contributed by atoms with Crippen molar-refractivity contribution in [2.24, 2.45) is 0 Å². The van der Waals surface area contributed by atoms with Crippen molar-refractivity contribution in [1.82, 2.24) is 0 Å². The smallest absolute Gasteiger partial charge is 0.138 e. The number of hydrogen-bond donors (Lipinski definition) is 0. The third kappa shape index (κ3) is 5.57. The zero-order valence-electron chi connectivity index (χ0n) is 5.51. The Hall–Kier alpha value is -0.300. The molecule has 0 aliphatic rings. The van der Waals surface area contributed by atoms with E-state index in [9.17, 15) is 4.79 Å². The average molecular weight is 147 g/mol. The molecule has 0 saturated heterocycles. The summed E-state index contributed by atoms with van der Waals surface area (Å²) in [5, 5.41) is -0.340. The van der Waals surface area contributed by atoms with Gasteiger partial charge in [0.15, 0.2) is 0 Å². The fourth-order valence-electron chi connectivity index (χ4n) is 0.448. The molecule has 0 N–H and O–H groups in total. The van der Waals surface area contributed by atoms with Crippen molar-refractivity contribution in [1.29, 1.82) is 0 Å². The lowest BCUT2D eigenvalue weighted by Crippen LogP contribution is -1.95. The highest BCUT2D eigenvalue weighted by atomic mass is 35.5. The van der Waals surface area contributed by atoms with E-state index in [4.69, 9.17) is 11.6 Å². The summed E-state index contributed by atoms with van der Waals surface area (Å²) in [6.07, 6.45) is 6.33. The largest absolute Gasteiger partial charge is 0.302 e. The third-order valence-electron chi connectivity index (χ3n) is 0.911. The molecule has 0 aromatic rings. The first-order valence-electron chi connectivity index (χ1n) is 3.05. The summed E-state index contributed by atoms with van der Waals surface area (Å²) in [5.74, 6) is 0. The molecule has 0 heterocycles. The lowest BCUT2D eigenvalue weighted by atomic mass is 10.3. The summed E-state index contributed by atoms with van der Waals surface area (Å²) in [4.78, 5) is 9.93. The van der Waals surface area contributed by atoms with Crippen LogP contribution in [0.25, 0.3) is 0 Å². The SMILES string of the molecule is CCC=CCC(Cl)C=O. The zero-order valence-corrected chi connectivity index (χ0v) is 6.27. The Balaban J connectivity index is 3.25. The highest BCUT2D eigenvalue weighted by molar-refractivity contribution is 6.27. The molecule has 0 fully saturated rings. The molecule has 0 aliphatic carbocycles. The molecule has 0 aliphatic heterocycles. The number of hydrogen-bond acceptors (Lipinski definition) is 1. The summed E-state index contributed by atoms with van der Waals surface area (Å²) in [7, 11) is 0. The first kappa shape index (κ1) is 8.70. The Morgan fingerprint density at radius 1 is 1.56 bits per heavy atom. The Morgan fingerprint density at radius 2 is 2.22 bits per heavy atom. The summed E-state index contributed by atoms with van der Waals surface area (Å²) in [6.45, 7) is 2.04. The second-order valence-corrected chi connectivity index (χ2v) is 2.33. The van der Waals surface area contributed by atoms with Gasteiger partial charge in [-0.1, -0.05) is 19.1 Å². The van der Waals surface area contributed by atoms with E-state index >= 15 is 0 Å². The van der Waals surface area contributed by atoms with Crippen molar-refractivity contribution in [3.8, 4) is 0 Å². The number of carbonyl (C=O) groups is 1. The van der Waals surface area contributed by atoms with Crippen molar-refractivity contribution < 1.29 is 4.79 Å². The number of aldehydes is 1. The average Bonchev–Trinajstić information content (AvgIpc) is 1.89. The molecule has 0 amide bonds. The van der Waals surface area contributed by atoms with Crippen LogP contribution in [0.5, 0.6) is 0 Å². The van der Waals surface area contributed by atoms with Crippen LogP contribution in [0, 0.1) is 0 Å². The van der Waals surface area contributed by atoms with Crippen LogP contribution >= 0.6 is 11.6 Å². The highest BCUT2D eigenvalue weighted by Gasteiger charge is 1.95. The predicted octanol–water partition coefficient (Wildman–Crippen LogP) is 2.15. The summed E-state index contributed by atoms with van der Waals surface area (Å²) in [5.41, 5.74) is 0. The molecule has 0 aromatic heterocycles. The number of alkyl halides is 1. The van der Waals surface area contributed by atoms with Crippen LogP contribution in [0.3, 0.4) is 0 Å². The van der Waals surface area contributed by atoms with Gasteiger partial charge in [0.25, 0.3) is 0 Å². The second-order valence-electron chi connectivity index (χ2n) is 1.77. The van der Waals surface area contributed by atoms with E-state index in [1.165, 1.54) is 0 Å². The fourth-order valence-corrected chi connectivity index (χ4v) is 0.551. The molecule has 1 unspecified atom stereocenters. The molecule has 0 saturated carbocycles. The van der Waals surface area contributed by atoms with Gasteiger partial charge in [0.2, 0.25) is 0 Å². The maximum Gasteiger partial charge on any atom is 0.138 e. The van der Waals surface area contributed by atoms with Gasteiger partial charge in [-0.15, -0.1) is 11.6 Å². The molecule has 1 atom stereocenters. The first-order valence-corrected chi connectivity index (χ1v) is 3.49. The molecule has 0 spiro atoms. The van der Waals surface area contributed by atoms with Gasteiger partial charge in [0.05, 0.1) is 5.38 Å². The van der Waals surface area contributed by atoms with E-state index in [2.05, 4.69) is 0 Å². The van der Waals surface area contributed by atoms with E-state index in [0.717, 1.165) is 12.7 Å². The topological polar surface area (TPSA) is 17.1 Å². The fraction of sp³-hybridized carbons (Fsp3) is 0.571. The number of allylic oxidation sites excluding steroid dienone is 2. The van der Waals surface area contributed by atoms with Gasteiger partial charge in [0, 0.05) is 0 Å². The van der Waals surface area contributed by atoms with E-state index in [0.29, 0.717) is 6.42 Å². The van der Waals surface area contributed by atoms with Gasteiger partial charge in [-0.25, -0.2) is 0 Å². The van der Waals surface area contributed by atoms with Crippen LogP contribution in [0.15, 0.2) is 12.2 Å². The van der Waals surface area contributed by atoms with Gasteiger partial charge < -0.3 is 4.79 Å². The maximum atomic E-state index is 9.93. The van der Waals surface area contributed by atoms with Crippen molar-refractivity contribution in [2.75, 3.05) is 0 Å². The van der Waals surface area contributed by atoms with Crippen LogP contribution in [0.1, 0.15) is 19.8 Å². The lowest BCUT2D eigenvalue weighted by molar-refractivity contribution is -0.107. The third-order valence-corrected chi connectivity index (χ3v) is 1.19. The molecule has 9 heavy (non-hydrogen) atoms. The lowest BCUT2D eigenvalue weighted by Gasteiger charge is -1.91. The minimum absolute atomic E-state index is 0.340. The second kappa shape index (κ2) is 5.83. The Kier molecular flexibility index (Phi) is 5.64. The molecular weight excluding hydrogens is 136 g/mol. The monoisotopic (exact) mass is 146 g/mol. The molecule has 52 valence electrons.